The first-order chi connectivity index (χ1) is 9.24. The molecule has 2 unspecified atom stereocenters. The number of aliphatic hydroxyl groups is 1. The zero-order valence-corrected chi connectivity index (χ0v) is 10.7. The smallest absolute Gasteiger partial charge is 0.123 e. The van der Waals surface area contributed by atoms with E-state index in [1.165, 1.54) is 11.6 Å². The van der Waals surface area contributed by atoms with Crippen molar-refractivity contribution < 1.29 is 9.50 Å². The maximum absolute atomic E-state index is 13.2. The zero-order valence-electron chi connectivity index (χ0n) is 10.7. The Labute approximate surface area is 112 Å². The van der Waals surface area contributed by atoms with E-state index < -0.39 is 6.10 Å². The maximum Gasteiger partial charge on any atom is 0.123 e. The minimum Gasteiger partial charge on any atom is -0.388 e. The van der Waals surface area contributed by atoms with Gasteiger partial charge in [0.05, 0.1) is 6.10 Å². The molecule has 2 aromatic carbocycles. The van der Waals surface area contributed by atoms with E-state index in [0.717, 1.165) is 30.4 Å². The van der Waals surface area contributed by atoms with Crippen LogP contribution in [0.2, 0.25) is 0 Å². The first kappa shape index (κ1) is 12.4. The van der Waals surface area contributed by atoms with Crippen LogP contribution < -0.4 is 0 Å². The average molecular weight is 256 g/mol. The molecule has 0 bridgehead atoms. The topological polar surface area (TPSA) is 20.2 Å². The summed E-state index contributed by atoms with van der Waals surface area (Å²) >= 11 is 0. The molecule has 0 heterocycles. The molecule has 2 atom stereocenters. The molecule has 2 heteroatoms. The summed E-state index contributed by atoms with van der Waals surface area (Å²) < 4.78 is 13.2. The van der Waals surface area contributed by atoms with Crippen LogP contribution in [0.1, 0.15) is 29.2 Å². The number of benzene rings is 2. The minimum absolute atomic E-state index is 0.178. The normalized spacial score (nSPS) is 22.0. The number of aryl methyl sites for hydroxylation is 1. The van der Waals surface area contributed by atoms with Gasteiger partial charge in [-0.25, -0.2) is 4.39 Å². The predicted molar refractivity (Wildman–Crippen MR) is 73.3 cm³/mol. The van der Waals surface area contributed by atoms with Gasteiger partial charge >= 0.3 is 0 Å². The number of hydrogen-bond donors (Lipinski definition) is 1. The third-order valence-corrected chi connectivity index (χ3v) is 3.99. The van der Waals surface area contributed by atoms with Gasteiger partial charge in [0.25, 0.3) is 0 Å². The van der Waals surface area contributed by atoms with Crippen LogP contribution in [0.15, 0.2) is 48.5 Å². The molecule has 0 saturated heterocycles. The Morgan fingerprint density at radius 2 is 1.95 bits per heavy atom. The summed E-state index contributed by atoms with van der Waals surface area (Å²) in [6.07, 6.45) is 2.24. The second-order valence-corrected chi connectivity index (χ2v) is 5.28. The fraction of sp³-hybridized carbons (Fsp3) is 0.294. The number of fused-ring (bicyclic) bond motifs is 1. The predicted octanol–water partition coefficient (Wildman–Crippen LogP) is 3.66. The van der Waals surface area contributed by atoms with E-state index >= 15 is 0 Å². The Bertz CT molecular complexity index is 579. The van der Waals surface area contributed by atoms with Crippen LogP contribution in [-0.2, 0) is 12.8 Å². The Hall–Kier alpha value is -1.67. The van der Waals surface area contributed by atoms with Crippen molar-refractivity contribution in [3.8, 4) is 0 Å². The highest BCUT2D eigenvalue weighted by Crippen LogP contribution is 2.36. The molecule has 0 spiro atoms. The molecule has 1 aliphatic carbocycles. The van der Waals surface area contributed by atoms with E-state index in [1.807, 2.05) is 24.3 Å². The molecule has 2 aromatic rings. The van der Waals surface area contributed by atoms with Gasteiger partial charge in [-0.15, -0.1) is 0 Å². The van der Waals surface area contributed by atoms with Crippen molar-refractivity contribution in [2.24, 2.45) is 5.92 Å². The van der Waals surface area contributed by atoms with E-state index in [1.54, 1.807) is 12.1 Å². The van der Waals surface area contributed by atoms with Gasteiger partial charge < -0.3 is 5.11 Å². The lowest BCUT2D eigenvalue weighted by Crippen LogP contribution is -2.22. The number of rotatable bonds is 2. The first-order valence-corrected chi connectivity index (χ1v) is 6.74. The molecule has 98 valence electrons. The second kappa shape index (κ2) is 5.14. The summed E-state index contributed by atoms with van der Waals surface area (Å²) in [5.74, 6) is -0.0279. The number of hydrogen-bond acceptors (Lipinski definition) is 1. The van der Waals surface area contributed by atoms with Gasteiger partial charge in [-0.1, -0.05) is 36.4 Å². The van der Waals surface area contributed by atoms with Crippen molar-refractivity contribution in [2.45, 2.75) is 25.4 Å². The fourth-order valence-corrected chi connectivity index (χ4v) is 2.98. The van der Waals surface area contributed by atoms with Crippen molar-refractivity contribution >= 4 is 0 Å². The molecule has 1 N–H and O–H groups in total. The van der Waals surface area contributed by atoms with E-state index in [2.05, 4.69) is 6.07 Å². The van der Waals surface area contributed by atoms with Gasteiger partial charge in [0.2, 0.25) is 0 Å². The van der Waals surface area contributed by atoms with E-state index in [9.17, 15) is 9.50 Å². The van der Waals surface area contributed by atoms with Crippen molar-refractivity contribution in [2.75, 3.05) is 0 Å². The van der Waals surface area contributed by atoms with Gasteiger partial charge in [0.15, 0.2) is 0 Å². The lowest BCUT2D eigenvalue weighted by molar-refractivity contribution is 0.0936. The standard InChI is InChI=1S/C17H17FO/c18-15-6-3-4-12(11-15)10-14-9-8-13-5-1-2-7-16(13)17(14)19/h1-7,11,14,17,19H,8-10H2. The summed E-state index contributed by atoms with van der Waals surface area (Å²) in [4.78, 5) is 0. The Morgan fingerprint density at radius 3 is 2.79 bits per heavy atom. The highest BCUT2D eigenvalue weighted by atomic mass is 19.1. The van der Waals surface area contributed by atoms with Crippen LogP contribution in [0.25, 0.3) is 0 Å². The van der Waals surface area contributed by atoms with Crippen LogP contribution in [0.3, 0.4) is 0 Å². The molecular formula is C17H17FO. The molecule has 0 fully saturated rings. The van der Waals surface area contributed by atoms with Crippen molar-refractivity contribution in [1.29, 1.82) is 0 Å². The van der Waals surface area contributed by atoms with E-state index in [0.29, 0.717) is 0 Å². The average Bonchev–Trinajstić information content (AvgIpc) is 2.42. The Balaban J connectivity index is 1.81. The lowest BCUT2D eigenvalue weighted by atomic mass is 9.78. The first-order valence-electron chi connectivity index (χ1n) is 6.74. The van der Waals surface area contributed by atoms with E-state index in [-0.39, 0.29) is 11.7 Å². The Kier molecular flexibility index (Phi) is 3.34. The van der Waals surface area contributed by atoms with Crippen LogP contribution in [0.4, 0.5) is 4.39 Å². The van der Waals surface area contributed by atoms with Crippen LogP contribution in [-0.4, -0.2) is 5.11 Å². The summed E-state index contributed by atoms with van der Waals surface area (Å²) in [5.41, 5.74) is 3.24. The molecule has 3 rings (SSSR count). The third-order valence-electron chi connectivity index (χ3n) is 3.99. The van der Waals surface area contributed by atoms with Gasteiger partial charge in [-0.3, -0.25) is 0 Å². The van der Waals surface area contributed by atoms with Gasteiger partial charge in [0, 0.05) is 0 Å². The quantitative estimate of drug-likeness (QED) is 0.869. The summed E-state index contributed by atoms with van der Waals surface area (Å²) in [5, 5.41) is 10.5. The number of aliphatic hydroxyl groups excluding tert-OH is 1. The summed E-state index contributed by atoms with van der Waals surface area (Å²) in [7, 11) is 0. The molecule has 0 amide bonds. The lowest BCUT2D eigenvalue weighted by Gasteiger charge is -2.30. The molecule has 0 saturated carbocycles. The molecule has 0 radical (unpaired) electrons. The van der Waals surface area contributed by atoms with Gasteiger partial charge in [-0.05, 0) is 54.0 Å². The monoisotopic (exact) mass is 256 g/mol. The minimum atomic E-state index is -0.437. The van der Waals surface area contributed by atoms with Crippen LogP contribution >= 0.6 is 0 Å². The fourth-order valence-electron chi connectivity index (χ4n) is 2.98. The maximum atomic E-state index is 13.2. The summed E-state index contributed by atoms with van der Waals surface area (Å²) in [6.45, 7) is 0. The highest BCUT2D eigenvalue weighted by molar-refractivity contribution is 5.32. The molecule has 0 aliphatic heterocycles. The molecular weight excluding hydrogens is 239 g/mol. The Morgan fingerprint density at radius 1 is 1.11 bits per heavy atom. The third kappa shape index (κ3) is 2.54. The highest BCUT2D eigenvalue weighted by Gasteiger charge is 2.27. The van der Waals surface area contributed by atoms with E-state index in [4.69, 9.17) is 0 Å². The largest absolute Gasteiger partial charge is 0.388 e. The SMILES string of the molecule is OC1c2ccccc2CCC1Cc1cccc(F)c1. The second-order valence-electron chi connectivity index (χ2n) is 5.28. The molecule has 1 nitrogen and oxygen atoms in total. The zero-order chi connectivity index (χ0) is 13.2. The molecule has 1 aliphatic rings. The van der Waals surface area contributed by atoms with Crippen LogP contribution in [0.5, 0.6) is 0 Å². The van der Waals surface area contributed by atoms with Crippen molar-refractivity contribution in [1.82, 2.24) is 0 Å². The molecule has 0 aromatic heterocycles. The number of halogens is 1. The van der Waals surface area contributed by atoms with Crippen LogP contribution in [0, 0.1) is 11.7 Å². The van der Waals surface area contributed by atoms with Crippen molar-refractivity contribution in [3.05, 3.63) is 71.0 Å². The van der Waals surface area contributed by atoms with Crippen molar-refractivity contribution in [3.63, 3.8) is 0 Å². The van der Waals surface area contributed by atoms with Gasteiger partial charge in [-0.2, -0.15) is 0 Å². The van der Waals surface area contributed by atoms with Gasteiger partial charge in [0.1, 0.15) is 5.82 Å². The molecule has 19 heavy (non-hydrogen) atoms. The summed E-state index contributed by atoms with van der Waals surface area (Å²) in [6, 6.07) is 14.7.